The van der Waals surface area contributed by atoms with Crippen molar-refractivity contribution in [2.45, 2.75) is 26.8 Å². The van der Waals surface area contributed by atoms with E-state index >= 15 is 0 Å². The molecule has 0 aliphatic carbocycles. The van der Waals surface area contributed by atoms with Gasteiger partial charge in [-0.1, -0.05) is 39.0 Å². The van der Waals surface area contributed by atoms with Gasteiger partial charge < -0.3 is 20.2 Å². The normalized spacial score (nSPS) is 12.4. The third-order valence-corrected chi connectivity index (χ3v) is 6.24. The number of hydrogen-bond acceptors (Lipinski definition) is 4. The summed E-state index contributed by atoms with van der Waals surface area (Å²) in [7, 11) is 1.54. The number of furan rings is 1. The first kappa shape index (κ1) is 25.1. The van der Waals surface area contributed by atoms with Crippen LogP contribution in [0, 0.1) is 11.2 Å². The maximum absolute atomic E-state index is 13.5. The van der Waals surface area contributed by atoms with E-state index in [0.29, 0.717) is 33.4 Å². The van der Waals surface area contributed by atoms with Crippen molar-refractivity contribution in [2.75, 3.05) is 13.7 Å². The molecule has 0 spiro atoms. The van der Waals surface area contributed by atoms with Gasteiger partial charge in [-0.2, -0.15) is 0 Å². The van der Waals surface area contributed by atoms with Gasteiger partial charge in [0.2, 0.25) is 0 Å². The van der Waals surface area contributed by atoms with E-state index in [0.717, 1.165) is 11.1 Å². The van der Waals surface area contributed by atoms with Crippen LogP contribution in [0.3, 0.4) is 0 Å². The first-order chi connectivity index (χ1) is 17.1. The van der Waals surface area contributed by atoms with E-state index in [9.17, 15) is 19.1 Å². The fraction of sp³-hybridized carbons (Fsp3) is 0.241. The number of benzene rings is 3. The Labute approximate surface area is 209 Å². The van der Waals surface area contributed by atoms with Gasteiger partial charge in [0.25, 0.3) is 11.8 Å². The number of rotatable bonds is 6. The van der Waals surface area contributed by atoms with Crippen LogP contribution in [-0.4, -0.2) is 36.6 Å². The van der Waals surface area contributed by atoms with E-state index in [1.54, 1.807) is 43.4 Å². The van der Waals surface area contributed by atoms with Gasteiger partial charge >= 0.3 is 0 Å². The Morgan fingerprint density at radius 1 is 0.944 bits per heavy atom. The molecule has 0 aliphatic heterocycles. The lowest BCUT2D eigenvalue weighted by Gasteiger charge is -2.29. The molecule has 7 heteroatoms. The second-order valence-corrected chi connectivity index (χ2v) is 9.76. The van der Waals surface area contributed by atoms with E-state index in [1.807, 2.05) is 39.0 Å². The zero-order valence-electron chi connectivity index (χ0n) is 20.7. The number of carbonyl (C=O) groups excluding carboxylic acids is 2. The lowest BCUT2D eigenvalue weighted by atomic mass is 9.87. The van der Waals surface area contributed by atoms with Gasteiger partial charge in [-0.05, 0) is 65.1 Å². The summed E-state index contributed by atoms with van der Waals surface area (Å²) >= 11 is 0. The molecule has 3 N–H and O–H groups in total. The summed E-state index contributed by atoms with van der Waals surface area (Å²) < 4.78 is 19.5. The highest BCUT2D eigenvalue weighted by atomic mass is 19.1. The lowest BCUT2D eigenvalue weighted by molar-refractivity contribution is 0.0848. The number of aliphatic hydroxyl groups excluding tert-OH is 1. The molecule has 0 aliphatic rings. The van der Waals surface area contributed by atoms with E-state index in [1.165, 1.54) is 12.1 Å². The molecule has 4 rings (SSSR count). The molecule has 1 heterocycles. The van der Waals surface area contributed by atoms with Crippen LogP contribution in [0.15, 0.2) is 71.1 Å². The summed E-state index contributed by atoms with van der Waals surface area (Å²) in [5.41, 5.74) is 3.20. The molecule has 4 aromatic rings. The molecule has 0 saturated heterocycles. The Morgan fingerprint density at radius 2 is 1.61 bits per heavy atom. The Balaban J connectivity index is 1.75. The van der Waals surface area contributed by atoms with E-state index in [-0.39, 0.29) is 29.7 Å². The smallest absolute Gasteiger partial charge is 0.255 e. The molecule has 1 atom stereocenters. The average Bonchev–Trinajstić information content (AvgIpc) is 3.25. The largest absolute Gasteiger partial charge is 0.455 e. The molecule has 0 fully saturated rings. The second-order valence-electron chi connectivity index (χ2n) is 9.76. The van der Waals surface area contributed by atoms with Gasteiger partial charge in [0, 0.05) is 23.6 Å². The number of carbonyl (C=O) groups is 2. The summed E-state index contributed by atoms with van der Waals surface area (Å²) in [4.78, 5) is 25.7. The molecule has 6 nitrogen and oxygen atoms in total. The van der Waals surface area contributed by atoms with Crippen molar-refractivity contribution in [2.24, 2.45) is 5.41 Å². The Kier molecular flexibility index (Phi) is 6.95. The minimum atomic E-state index is -0.393. The SMILES string of the molecule is CNC(=O)c1c(-c2ccc(F)cc2)oc2ccc(-c3cccc(C(=O)N[C@@H](CO)C(C)(C)C)c3)cc12. The van der Waals surface area contributed by atoms with Crippen molar-refractivity contribution in [3.8, 4) is 22.5 Å². The summed E-state index contributed by atoms with van der Waals surface area (Å²) in [6.45, 7) is 5.70. The van der Waals surface area contributed by atoms with Gasteiger partial charge in [-0.3, -0.25) is 9.59 Å². The van der Waals surface area contributed by atoms with Crippen molar-refractivity contribution >= 4 is 22.8 Å². The third-order valence-electron chi connectivity index (χ3n) is 6.24. The van der Waals surface area contributed by atoms with Crippen LogP contribution in [0.4, 0.5) is 4.39 Å². The fourth-order valence-electron chi connectivity index (χ4n) is 4.05. The molecule has 0 bridgehead atoms. The molecular weight excluding hydrogens is 459 g/mol. The average molecular weight is 489 g/mol. The third kappa shape index (κ3) is 5.02. The highest BCUT2D eigenvalue weighted by molar-refractivity contribution is 6.11. The molecule has 0 saturated carbocycles. The molecule has 1 aromatic heterocycles. The van der Waals surface area contributed by atoms with Crippen LogP contribution in [0.2, 0.25) is 0 Å². The molecule has 2 amide bonds. The van der Waals surface area contributed by atoms with Crippen molar-refractivity contribution in [3.63, 3.8) is 0 Å². The highest BCUT2D eigenvalue weighted by Gasteiger charge is 2.26. The van der Waals surface area contributed by atoms with Crippen LogP contribution in [0.5, 0.6) is 0 Å². The number of hydrogen-bond donors (Lipinski definition) is 3. The molecule has 36 heavy (non-hydrogen) atoms. The van der Waals surface area contributed by atoms with E-state index < -0.39 is 6.04 Å². The number of fused-ring (bicyclic) bond motifs is 1. The zero-order chi connectivity index (χ0) is 26.0. The number of halogens is 1. The quantitative estimate of drug-likeness (QED) is 0.339. The van der Waals surface area contributed by atoms with Crippen LogP contribution in [0.25, 0.3) is 33.4 Å². The second kappa shape index (κ2) is 9.95. The zero-order valence-corrected chi connectivity index (χ0v) is 20.7. The van der Waals surface area contributed by atoms with Crippen molar-refractivity contribution in [1.29, 1.82) is 0 Å². The molecule has 186 valence electrons. The van der Waals surface area contributed by atoms with Crippen LogP contribution in [-0.2, 0) is 0 Å². The maximum Gasteiger partial charge on any atom is 0.255 e. The van der Waals surface area contributed by atoms with Gasteiger partial charge in [0.1, 0.15) is 17.2 Å². The summed E-state index contributed by atoms with van der Waals surface area (Å²) in [5.74, 6) is -0.627. The summed E-state index contributed by atoms with van der Waals surface area (Å²) in [6, 6.07) is 18.0. The minimum Gasteiger partial charge on any atom is -0.455 e. The number of aliphatic hydroxyl groups is 1. The minimum absolute atomic E-state index is 0.162. The van der Waals surface area contributed by atoms with Crippen LogP contribution in [0.1, 0.15) is 41.5 Å². The molecule has 3 aromatic carbocycles. The predicted octanol–water partition coefficient (Wildman–Crippen LogP) is 5.40. The standard InChI is InChI=1S/C29H29FN2O4/c1-29(2,3)24(16-33)32-27(34)20-7-5-6-18(14-20)19-10-13-23-22(15-19)25(28(35)31-4)26(36-23)17-8-11-21(30)12-9-17/h5-15,24,33H,16H2,1-4H3,(H,31,35)(H,32,34)/t24-/m0/s1. The summed E-state index contributed by atoms with van der Waals surface area (Å²) in [6.07, 6.45) is 0. The molecule has 0 radical (unpaired) electrons. The Hall–Kier alpha value is -3.97. The van der Waals surface area contributed by atoms with Gasteiger partial charge in [-0.15, -0.1) is 0 Å². The van der Waals surface area contributed by atoms with Crippen molar-refractivity contribution < 1.29 is 23.5 Å². The predicted molar refractivity (Wildman–Crippen MR) is 138 cm³/mol. The Bertz CT molecular complexity index is 1420. The van der Waals surface area contributed by atoms with Crippen molar-refractivity contribution in [1.82, 2.24) is 10.6 Å². The fourth-order valence-corrected chi connectivity index (χ4v) is 4.05. The highest BCUT2D eigenvalue weighted by Crippen LogP contribution is 2.36. The lowest BCUT2D eigenvalue weighted by Crippen LogP contribution is -2.46. The van der Waals surface area contributed by atoms with Gasteiger partial charge in [0.05, 0.1) is 18.2 Å². The first-order valence-electron chi connectivity index (χ1n) is 11.7. The molecule has 0 unspecified atom stereocenters. The topological polar surface area (TPSA) is 91.6 Å². The number of amides is 2. The number of nitrogens with one attached hydrogen (secondary N) is 2. The van der Waals surface area contributed by atoms with Crippen LogP contribution >= 0.6 is 0 Å². The van der Waals surface area contributed by atoms with E-state index in [2.05, 4.69) is 10.6 Å². The van der Waals surface area contributed by atoms with Crippen molar-refractivity contribution in [3.05, 3.63) is 83.7 Å². The van der Waals surface area contributed by atoms with E-state index in [4.69, 9.17) is 4.42 Å². The van der Waals surface area contributed by atoms with Gasteiger partial charge in [0.15, 0.2) is 0 Å². The monoisotopic (exact) mass is 488 g/mol. The summed E-state index contributed by atoms with van der Waals surface area (Å²) in [5, 5.41) is 15.9. The van der Waals surface area contributed by atoms with Gasteiger partial charge in [-0.25, -0.2) is 4.39 Å². The molecular formula is C29H29FN2O4. The van der Waals surface area contributed by atoms with Crippen LogP contribution < -0.4 is 10.6 Å². The maximum atomic E-state index is 13.5. The first-order valence-corrected chi connectivity index (χ1v) is 11.7. The Morgan fingerprint density at radius 3 is 2.25 bits per heavy atom.